The predicted octanol–water partition coefficient (Wildman–Crippen LogP) is 3.02. The van der Waals surface area contributed by atoms with Gasteiger partial charge in [-0.05, 0) is 37.3 Å². The Morgan fingerprint density at radius 3 is 2.19 bits per heavy atom. The largest absolute Gasteiger partial charge is 0.495 e. The van der Waals surface area contributed by atoms with Gasteiger partial charge in [-0.3, -0.25) is 19.0 Å². The molecule has 3 heterocycles. The minimum atomic E-state index is -3.96. The number of aryl methyl sites for hydroxylation is 1. The van der Waals surface area contributed by atoms with Crippen LogP contribution in [-0.4, -0.2) is 64.5 Å². The van der Waals surface area contributed by atoms with E-state index in [0.29, 0.717) is 40.1 Å². The van der Waals surface area contributed by atoms with Gasteiger partial charge in [0.05, 0.1) is 32.8 Å². The quantitative estimate of drug-likeness (QED) is 0.330. The van der Waals surface area contributed by atoms with E-state index in [1.165, 1.54) is 18.8 Å². The highest BCUT2D eigenvalue weighted by atomic mass is 32.2. The molecule has 37 heavy (non-hydrogen) atoms. The number of methoxy groups -OCH3 is 3. The highest BCUT2D eigenvalue weighted by Gasteiger charge is 2.32. The van der Waals surface area contributed by atoms with Crippen LogP contribution in [0.15, 0.2) is 48.8 Å². The Morgan fingerprint density at radius 1 is 0.946 bits per heavy atom. The average molecular weight is 528 g/mol. The second-order valence-electron chi connectivity index (χ2n) is 8.33. The number of nitrogens with one attached hydrogen (secondary N) is 1. The van der Waals surface area contributed by atoms with Crippen molar-refractivity contribution in [1.29, 1.82) is 0 Å². The lowest BCUT2D eigenvalue weighted by Crippen LogP contribution is -2.31. The molecule has 1 N–H and O–H groups in total. The normalized spacial score (nSPS) is 13.1. The van der Waals surface area contributed by atoms with Crippen molar-refractivity contribution in [2.45, 2.75) is 25.0 Å². The molecule has 0 unspecified atom stereocenters. The Bertz CT molecular complexity index is 1460. The summed E-state index contributed by atoms with van der Waals surface area (Å²) in [6.45, 7) is 3.41. The van der Waals surface area contributed by atoms with Crippen molar-refractivity contribution in [1.82, 2.24) is 29.5 Å². The van der Waals surface area contributed by atoms with Crippen molar-refractivity contribution in [3.8, 4) is 34.5 Å². The minimum Gasteiger partial charge on any atom is -0.495 e. The van der Waals surface area contributed by atoms with Crippen LogP contribution in [-0.2, 0) is 17.1 Å². The molecule has 12 nitrogen and oxygen atoms in total. The first-order valence-corrected chi connectivity index (χ1v) is 12.9. The molecule has 0 radical (unpaired) electrons. The Labute approximate surface area is 215 Å². The van der Waals surface area contributed by atoms with Crippen molar-refractivity contribution < 1.29 is 22.6 Å². The first-order valence-electron chi connectivity index (χ1n) is 11.4. The summed E-state index contributed by atoms with van der Waals surface area (Å²) in [5.74, 6) is 1.28. The number of rotatable bonds is 10. The molecule has 3 aromatic heterocycles. The van der Waals surface area contributed by atoms with Gasteiger partial charge in [0, 0.05) is 24.9 Å². The van der Waals surface area contributed by atoms with Crippen LogP contribution in [0.4, 0.5) is 5.95 Å². The van der Waals surface area contributed by atoms with Gasteiger partial charge in [0.15, 0.2) is 5.82 Å². The van der Waals surface area contributed by atoms with Crippen molar-refractivity contribution >= 4 is 16.0 Å². The fourth-order valence-electron chi connectivity index (χ4n) is 3.83. The lowest BCUT2D eigenvalue weighted by atomic mass is 10.0. The van der Waals surface area contributed by atoms with Gasteiger partial charge in [-0.15, -0.1) is 10.2 Å². The van der Waals surface area contributed by atoms with E-state index in [-0.39, 0.29) is 5.95 Å². The van der Waals surface area contributed by atoms with Gasteiger partial charge in [-0.25, -0.2) is 8.42 Å². The zero-order valence-electron chi connectivity index (χ0n) is 21.4. The Hall–Kier alpha value is -4.13. The zero-order chi connectivity index (χ0) is 26.7. The number of anilines is 1. The summed E-state index contributed by atoms with van der Waals surface area (Å²) in [6, 6.07) is 10.5. The number of hydrogen-bond donors (Lipinski definition) is 1. The van der Waals surface area contributed by atoms with Gasteiger partial charge in [0.2, 0.25) is 16.0 Å². The second-order valence-corrected chi connectivity index (χ2v) is 10.4. The van der Waals surface area contributed by atoms with Gasteiger partial charge < -0.3 is 14.2 Å². The number of aromatic nitrogens is 6. The number of ether oxygens (including phenoxy) is 3. The van der Waals surface area contributed by atoms with E-state index in [4.69, 9.17) is 14.2 Å². The molecule has 0 fully saturated rings. The number of para-hydroxylation sites is 1. The van der Waals surface area contributed by atoms with Crippen molar-refractivity contribution in [3.05, 3.63) is 54.5 Å². The fourth-order valence-corrected chi connectivity index (χ4v) is 5.08. The Balaban J connectivity index is 1.79. The molecule has 0 saturated carbocycles. The standard InChI is InChI=1S/C24H29N7O5S/c1-15(18-11-10-17(34-4)14-25-18)16(2)37(32,33)29-24-27-26-23(19-12-13-30(3)28-19)31(24)22-20(35-5)8-7-9-21(22)36-6/h7-16H,1-6H3,(H,27,29)/t15-,16-/m0/s1. The van der Waals surface area contributed by atoms with Crippen molar-refractivity contribution in [3.63, 3.8) is 0 Å². The molecule has 0 aliphatic carbocycles. The number of nitrogens with zero attached hydrogens (tertiary/aromatic N) is 6. The Kier molecular flexibility index (Phi) is 7.34. The third-order valence-corrected chi connectivity index (χ3v) is 7.97. The molecule has 13 heteroatoms. The van der Waals surface area contributed by atoms with Crippen LogP contribution in [0, 0.1) is 0 Å². The van der Waals surface area contributed by atoms with Gasteiger partial charge >= 0.3 is 0 Å². The highest BCUT2D eigenvalue weighted by molar-refractivity contribution is 7.93. The summed E-state index contributed by atoms with van der Waals surface area (Å²) in [5, 5.41) is 12.0. The molecule has 0 amide bonds. The van der Waals surface area contributed by atoms with E-state index in [0.717, 1.165) is 0 Å². The monoisotopic (exact) mass is 527 g/mol. The maximum absolute atomic E-state index is 13.6. The lowest BCUT2D eigenvalue weighted by Gasteiger charge is -2.22. The summed E-state index contributed by atoms with van der Waals surface area (Å²) >= 11 is 0. The van der Waals surface area contributed by atoms with E-state index < -0.39 is 21.2 Å². The number of sulfonamides is 1. The molecule has 0 spiro atoms. The maximum Gasteiger partial charge on any atom is 0.243 e. The molecular weight excluding hydrogens is 498 g/mol. The van der Waals surface area contributed by atoms with E-state index in [1.54, 1.807) is 81.5 Å². The number of benzene rings is 1. The smallest absolute Gasteiger partial charge is 0.243 e. The Morgan fingerprint density at radius 2 is 1.65 bits per heavy atom. The van der Waals surface area contributed by atoms with E-state index in [9.17, 15) is 8.42 Å². The summed E-state index contributed by atoms with van der Waals surface area (Å²) in [5.41, 5.74) is 1.52. The molecule has 0 aliphatic rings. The van der Waals surface area contributed by atoms with Gasteiger partial charge in [-0.2, -0.15) is 5.10 Å². The first-order chi connectivity index (χ1) is 17.7. The van der Waals surface area contributed by atoms with Gasteiger partial charge in [-0.1, -0.05) is 13.0 Å². The molecule has 0 aliphatic heterocycles. The van der Waals surface area contributed by atoms with Crippen LogP contribution in [0.1, 0.15) is 25.5 Å². The van der Waals surface area contributed by atoms with Gasteiger partial charge in [0.1, 0.15) is 28.6 Å². The van der Waals surface area contributed by atoms with E-state index in [1.807, 2.05) is 0 Å². The molecular formula is C24H29N7O5S. The summed E-state index contributed by atoms with van der Waals surface area (Å²) in [7, 11) is 2.38. The average Bonchev–Trinajstić information content (AvgIpc) is 3.52. The number of pyridine rings is 1. The molecule has 2 atom stereocenters. The van der Waals surface area contributed by atoms with Crippen LogP contribution < -0.4 is 18.9 Å². The second kappa shape index (κ2) is 10.5. The summed E-state index contributed by atoms with van der Waals surface area (Å²) in [6.07, 6.45) is 3.31. The zero-order valence-corrected chi connectivity index (χ0v) is 22.2. The van der Waals surface area contributed by atoms with Gasteiger partial charge in [0.25, 0.3) is 0 Å². The topological polar surface area (TPSA) is 135 Å². The summed E-state index contributed by atoms with van der Waals surface area (Å²) in [4.78, 5) is 4.35. The molecule has 1 aromatic carbocycles. The lowest BCUT2D eigenvalue weighted by molar-refractivity contribution is 0.391. The maximum atomic E-state index is 13.6. The fraction of sp³-hybridized carbons (Fsp3) is 0.333. The molecule has 0 bridgehead atoms. The van der Waals surface area contributed by atoms with E-state index in [2.05, 4.69) is 25.0 Å². The third-order valence-electron chi connectivity index (χ3n) is 6.12. The third kappa shape index (κ3) is 5.07. The molecule has 4 rings (SSSR count). The van der Waals surface area contributed by atoms with Crippen LogP contribution in [0.2, 0.25) is 0 Å². The number of hydrogen-bond acceptors (Lipinski definition) is 9. The summed E-state index contributed by atoms with van der Waals surface area (Å²) < 4.78 is 49.2. The molecule has 4 aromatic rings. The molecule has 196 valence electrons. The molecule has 0 saturated heterocycles. The van der Waals surface area contributed by atoms with Crippen LogP contribution in [0.25, 0.3) is 17.2 Å². The van der Waals surface area contributed by atoms with E-state index >= 15 is 0 Å². The van der Waals surface area contributed by atoms with Crippen molar-refractivity contribution in [2.75, 3.05) is 26.1 Å². The van der Waals surface area contributed by atoms with Crippen LogP contribution >= 0.6 is 0 Å². The minimum absolute atomic E-state index is 0.0369. The van der Waals surface area contributed by atoms with Crippen LogP contribution in [0.5, 0.6) is 17.2 Å². The predicted molar refractivity (Wildman–Crippen MR) is 138 cm³/mol. The van der Waals surface area contributed by atoms with Crippen LogP contribution in [0.3, 0.4) is 0 Å². The van der Waals surface area contributed by atoms with Crippen molar-refractivity contribution in [2.24, 2.45) is 7.05 Å². The SMILES string of the molecule is COc1ccc([C@@H](C)[C@H](C)S(=O)(=O)Nc2nnc(-c3ccn(C)n3)n2-c2c(OC)cccc2OC)nc1. The highest BCUT2D eigenvalue weighted by Crippen LogP contribution is 2.37. The first kappa shape index (κ1) is 25.9.